The Morgan fingerprint density at radius 1 is 0.943 bits per heavy atom. The normalized spacial score (nSPS) is 17.5. The van der Waals surface area contributed by atoms with Crippen LogP contribution in [0.3, 0.4) is 0 Å². The van der Waals surface area contributed by atoms with E-state index in [-0.39, 0.29) is 11.7 Å². The fraction of sp³-hybridized carbons (Fsp3) is 0.407. The van der Waals surface area contributed by atoms with Gasteiger partial charge in [-0.25, -0.2) is 4.68 Å². The Hall–Kier alpha value is -3.36. The van der Waals surface area contributed by atoms with Crippen LogP contribution in [0.4, 0.5) is 5.82 Å². The molecule has 0 bridgehead atoms. The number of benzene rings is 2. The molecule has 184 valence electrons. The van der Waals surface area contributed by atoms with E-state index in [4.69, 9.17) is 14.2 Å². The van der Waals surface area contributed by atoms with Crippen molar-refractivity contribution in [3.8, 4) is 11.5 Å². The summed E-state index contributed by atoms with van der Waals surface area (Å²) in [4.78, 5) is 17.0. The van der Waals surface area contributed by atoms with Crippen molar-refractivity contribution in [2.75, 3.05) is 50.9 Å². The third-order valence-electron chi connectivity index (χ3n) is 6.31. The lowest BCUT2D eigenvalue weighted by atomic mass is 10.2. The summed E-state index contributed by atoms with van der Waals surface area (Å²) < 4.78 is 19.2. The summed E-state index contributed by atoms with van der Waals surface area (Å²) in [5.74, 6) is 2.42. The first-order valence-corrected chi connectivity index (χ1v) is 12.3. The molecule has 2 aliphatic rings. The highest BCUT2D eigenvalue weighted by Gasteiger charge is 2.23. The highest BCUT2D eigenvalue weighted by Crippen LogP contribution is 2.31. The zero-order chi connectivity index (χ0) is 23.9. The summed E-state index contributed by atoms with van der Waals surface area (Å²) in [5.41, 5.74) is 1.17. The Labute approximate surface area is 205 Å². The third kappa shape index (κ3) is 6.21. The van der Waals surface area contributed by atoms with Crippen LogP contribution in [0, 0.1) is 0 Å². The predicted molar refractivity (Wildman–Crippen MR) is 134 cm³/mol. The van der Waals surface area contributed by atoms with Gasteiger partial charge in [-0.05, 0) is 30.2 Å². The number of aromatic nitrogens is 2. The molecule has 1 atom stereocenters. The molecule has 0 spiro atoms. The minimum Gasteiger partial charge on any atom is -0.486 e. The van der Waals surface area contributed by atoms with Gasteiger partial charge in [-0.15, -0.1) is 0 Å². The van der Waals surface area contributed by atoms with E-state index in [1.807, 2.05) is 36.4 Å². The second-order valence-corrected chi connectivity index (χ2v) is 8.92. The number of hydrogen-bond acceptors (Lipinski definition) is 7. The molecule has 1 saturated heterocycles. The highest BCUT2D eigenvalue weighted by molar-refractivity contribution is 5.40. The molecule has 3 aromatic rings. The van der Waals surface area contributed by atoms with Crippen LogP contribution < -0.4 is 19.9 Å². The van der Waals surface area contributed by atoms with Gasteiger partial charge in [0.2, 0.25) is 0 Å². The van der Waals surface area contributed by atoms with Crippen LogP contribution in [0.25, 0.3) is 0 Å². The zero-order valence-corrected chi connectivity index (χ0v) is 19.9. The summed E-state index contributed by atoms with van der Waals surface area (Å²) >= 11 is 0. The molecule has 3 heterocycles. The molecule has 2 aromatic carbocycles. The first-order chi connectivity index (χ1) is 17.2. The van der Waals surface area contributed by atoms with Crippen LogP contribution in [0.1, 0.15) is 12.0 Å². The van der Waals surface area contributed by atoms with Crippen LogP contribution in [-0.2, 0) is 17.8 Å². The quantitative estimate of drug-likeness (QED) is 0.470. The van der Waals surface area contributed by atoms with Gasteiger partial charge in [0.25, 0.3) is 5.56 Å². The molecule has 35 heavy (non-hydrogen) atoms. The van der Waals surface area contributed by atoms with Gasteiger partial charge in [-0.2, -0.15) is 5.10 Å². The molecule has 0 aliphatic carbocycles. The molecule has 0 N–H and O–H groups in total. The van der Waals surface area contributed by atoms with Gasteiger partial charge >= 0.3 is 0 Å². The van der Waals surface area contributed by atoms with Crippen LogP contribution >= 0.6 is 0 Å². The SMILES string of the molecule is O=c1ccc(N2CCOCC2)nn1CCCN(Cc1ccccc1)CC1COc2ccccc2O1. The second kappa shape index (κ2) is 11.4. The standard InChI is InChI=1S/C27H32N4O4/c32-27-12-11-26(30-15-17-33-18-16-30)28-31(27)14-6-13-29(19-22-7-2-1-3-8-22)20-23-21-34-24-9-4-5-10-25(24)35-23/h1-5,7-12,23H,6,13-21H2. The Bertz CT molecular complexity index is 1150. The number of morpholine rings is 1. The lowest BCUT2D eigenvalue weighted by molar-refractivity contribution is 0.0556. The largest absolute Gasteiger partial charge is 0.486 e. The van der Waals surface area contributed by atoms with Crippen LogP contribution in [0.15, 0.2) is 71.5 Å². The number of fused-ring (bicyclic) bond motifs is 1. The van der Waals surface area contributed by atoms with Crippen molar-refractivity contribution in [3.05, 3.63) is 82.6 Å². The summed E-state index contributed by atoms with van der Waals surface area (Å²) in [6.45, 7) is 6.40. The first-order valence-electron chi connectivity index (χ1n) is 12.3. The van der Waals surface area contributed by atoms with Gasteiger partial charge in [0, 0.05) is 45.3 Å². The molecule has 5 rings (SSSR count). The first kappa shape index (κ1) is 23.4. The lowest BCUT2D eigenvalue weighted by Gasteiger charge is -2.31. The smallest absolute Gasteiger partial charge is 0.266 e. The van der Waals surface area contributed by atoms with Crippen LogP contribution in [-0.4, -0.2) is 66.8 Å². The van der Waals surface area contributed by atoms with Gasteiger partial charge < -0.3 is 19.1 Å². The number of hydrogen-bond donors (Lipinski definition) is 0. The summed E-state index contributed by atoms with van der Waals surface area (Å²) in [5, 5.41) is 4.63. The van der Waals surface area contributed by atoms with E-state index in [1.54, 1.807) is 10.7 Å². The lowest BCUT2D eigenvalue weighted by Crippen LogP contribution is -2.41. The van der Waals surface area contributed by atoms with Gasteiger partial charge in [0.1, 0.15) is 18.5 Å². The van der Waals surface area contributed by atoms with Crippen molar-refractivity contribution >= 4 is 5.82 Å². The third-order valence-corrected chi connectivity index (χ3v) is 6.31. The van der Waals surface area contributed by atoms with Crippen molar-refractivity contribution in [1.29, 1.82) is 0 Å². The zero-order valence-electron chi connectivity index (χ0n) is 19.9. The molecule has 2 aliphatic heterocycles. The number of aryl methyl sites for hydroxylation is 1. The molecule has 0 radical (unpaired) electrons. The number of anilines is 1. The minimum absolute atomic E-state index is 0.0564. The Morgan fingerprint density at radius 2 is 1.71 bits per heavy atom. The number of nitrogens with zero attached hydrogens (tertiary/aromatic N) is 4. The van der Waals surface area contributed by atoms with E-state index in [1.165, 1.54) is 5.56 Å². The summed E-state index contributed by atoms with van der Waals surface area (Å²) in [7, 11) is 0. The van der Waals surface area contributed by atoms with Crippen molar-refractivity contribution in [1.82, 2.24) is 14.7 Å². The molecular formula is C27H32N4O4. The van der Waals surface area contributed by atoms with Crippen molar-refractivity contribution in [2.45, 2.75) is 25.6 Å². The van der Waals surface area contributed by atoms with E-state index in [2.05, 4.69) is 39.2 Å². The Kier molecular flexibility index (Phi) is 7.60. The van der Waals surface area contributed by atoms with Gasteiger partial charge in [0.05, 0.1) is 13.2 Å². The van der Waals surface area contributed by atoms with Crippen molar-refractivity contribution in [3.63, 3.8) is 0 Å². The fourth-order valence-corrected chi connectivity index (χ4v) is 4.52. The minimum atomic E-state index is -0.0720. The fourth-order valence-electron chi connectivity index (χ4n) is 4.52. The summed E-state index contributed by atoms with van der Waals surface area (Å²) in [6.07, 6.45) is 0.746. The highest BCUT2D eigenvalue weighted by atomic mass is 16.6. The molecule has 0 amide bonds. The van der Waals surface area contributed by atoms with Crippen molar-refractivity contribution < 1.29 is 14.2 Å². The Morgan fingerprint density at radius 3 is 2.54 bits per heavy atom. The number of ether oxygens (including phenoxy) is 3. The second-order valence-electron chi connectivity index (χ2n) is 8.92. The van der Waals surface area contributed by atoms with E-state index in [9.17, 15) is 4.79 Å². The molecule has 1 unspecified atom stereocenters. The van der Waals surface area contributed by atoms with E-state index in [0.29, 0.717) is 26.4 Å². The molecule has 8 heteroatoms. The Balaban J connectivity index is 1.23. The maximum atomic E-state index is 12.5. The average Bonchev–Trinajstić information content (AvgIpc) is 2.91. The number of rotatable bonds is 9. The predicted octanol–water partition coefficient (Wildman–Crippen LogP) is 2.81. The molecule has 1 aromatic heterocycles. The maximum Gasteiger partial charge on any atom is 0.266 e. The van der Waals surface area contributed by atoms with Crippen molar-refractivity contribution in [2.24, 2.45) is 0 Å². The topological polar surface area (TPSA) is 69.1 Å². The van der Waals surface area contributed by atoms with Gasteiger partial charge in [0.15, 0.2) is 11.5 Å². The summed E-state index contributed by atoms with van der Waals surface area (Å²) in [6, 6.07) is 21.6. The molecule has 0 saturated carbocycles. The van der Waals surface area contributed by atoms with E-state index in [0.717, 1.165) is 56.5 Å². The monoisotopic (exact) mass is 476 g/mol. The van der Waals surface area contributed by atoms with Crippen LogP contribution in [0.2, 0.25) is 0 Å². The molecule has 1 fully saturated rings. The average molecular weight is 477 g/mol. The van der Waals surface area contributed by atoms with E-state index < -0.39 is 0 Å². The maximum absolute atomic E-state index is 12.5. The van der Waals surface area contributed by atoms with Gasteiger partial charge in [-0.3, -0.25) is 9.69 Å². The molecule has 8 nitrogen and oxygen atoms in total. The van der Waals surface area contributed by atoms with Crippen LogP contribution in [0.5, 0.6) is 11.5 Å². The number of para-hydroxylation sites is 2. The molecular weight excluding hydrogens is 444 g/mol. The van der Waals surface area contributed by atoms with Gasteiger partial charge in [-0.1, -0.05) is 42.5 Å². The van der Waals surface area contributed by atoms with E-state index >= 15 is 0 Å².